The highest BCUT2D eigenvalue weighted by atomic mass is 16.5. The van der Waals surface area contributed by atoms with Gasteiger partial charge in [0.2, 0.25) is 5.91 Å². The summed E-state index contributed by atoms with van der Waals surface area (Å²) in [7, 11) is 0. The van der Waals surface area contributed by atoms with Crippen LogP contribution in [0, 0.1) is 23.7 Å². The lowest BCUT2D eigenvalue weighted by atomic mass is 9.68. The average molecular weight is 413 g/mol. The Morgan fingerprint density at radius 2 is 1.93 bits per heavy atom. The molecule has 3 aliphatic rings. The molecule has 3 atom stereocenters. The van der Waals surface area contributed by atoms with Crippen LogP contribution in [0.3, 0.4) is 0 Å². The average Bonchev–Trinajstić information content (AvgIpc) is 3.22. The molecule has 5 heteroatoms. The minimum atomic E-state index is 0.0163. The second-order valence-corrected chi connectivity index (χ2v) is 10.5. The third-order valence-electron chi connectivity index (χ3n) is 8.13. The van der Waals surface area contributed by atoms with Crippen molar-refractivity contribution in [1.29, 1.82) is 0 Å². The van der Waals surface area contributed by atoms with Crippen molar-refractivity contribution >= 4 is 11.8 Å². The monoisotopic (exact) mass is 412 g/mol. The zero-order valence-electron chi connectivity index (χ0n) is 18.9. The van der Waals surface area contributed by atoms with Crippen molar-refractivity contribution in [3.8, 4) is 0 Å². The summed E-state index contributed by atoms with van der Waals surface area (Å²) in [5, 5.41) is 3.39. The summed E-state index contributed by atoms with van der Waals surface area (Å²) in [5.74, 6) is 0.888. The number of aryl methyl sites for hydroxylation is 2. The van der Waals surface area contributed by atoms with Crippen LogP contribution in [0.1, 0.15) is 67.9 Å². The first-order valence-electron chi connectivity index (χ1n) is 11.5. The van der Waals surface area contributed by atoms with Crippen LogP contribution in [0.2, 0.25) is 0 Å². The Bertz CT molecular complexity index is 823. The highest BCUT2D eigenvalue weighted by Crippen LogP contribution is 2.62. The number of carbonyl (C=O) groups excluding carboxylic acids is 2. The third kappa shape index (κ3) is 3.89. The molecule has 2 aliphatic carbocycles. The second-order valence-electron chi connectivity index (χ2n) is 10.5. The third-order valence-corrected chi connectivity index (χ3v) is 8.13. The lowest BCUT2D eigenvalue weighted by molar-refractivity contribution is -0.135. The van der Waals surface area contributed by atoms with Gasteiger partial charge in [0.05, 0.1) is 13.2 Å². The summed E-state index contributed by atoms with van der Waals surface area (Å²) in [6.45, 7) is 11.6. The Morgan fingerprint density at radius 3 is 2.60 bits per heavy atom. The standard InChI is InChI=1S/C25H36N2O3/c1-17-5-6-19(15-18(17)7-8-21(28)27-11-13-30-14-12-27)22(29)26-23-24(2,3)20-9-10-25(23,4)16-20/h5-6,15,20,23H,7-14,16H2,1-4H3,(H,26,29)/t20-,23?,25+/m1/s1. The molecule has 1 unspecified atom stereocenters. The minimum Gasteiger partial charge on any atom is -0.378 e. The number of hydrogen-bond donors (Lipinski definition) is 1. The maximum Gasteiger partial charge on any atom is 0.251 e. The Morgan fingerprint density at radius 1 is 1.20 bits per heavy atom. The van der Waals surface area contributed by atoms with Crippen LogP contribution in [-0.4, -0.2) is 49.1 Å². The molecule has 0 aromatic heterocycles. The van der Waals surface area contributed by atoms with Crippen molar-refractivity contribution in [3.63, 3.8) is 0 Å². The van der Waals surface area contributed by atoms with Crippen molar-refractivity contribution in [3.05, 3.63) is 34.9 Å². The van der Waals surface area contributed by atoms with E-state index in [1.54, 1.807) is 0 Å². The molecule has 1 aliphatic heterocycles. The molecule has 2 saturated carbocycles. The van der Waals surface area contributed by atoms with Crippen molar-refractivity contribution in [2.24, 2.45) is 16.7 Å². The zero-order valence-corrected chi connectivity index (χ0v) is 18.9. The number of amides is 2. The fraction of sp³-hybridized carbons (Fsp3) is 0.680. The van der Waals surface area contributed by atoms with Gasteiger partial charge in [-0.1, -0.05) is 26.8 Å². The first-order chi connectivity index (χ1) is 14.2. The number of rotatable bonds is 5. The highest BCUT2D eigenvalue weighted by molar-refractivity contribution is 5.95. The van der Waals surface area contributed by atoms with Crippen molar-refractivity contribution in [1.82, 2.24) is 10.2 Å². The normalized spacial score (nSPS) is 29.8. The Balaban J connectivity index is 1.42. The minimum absolute atomic E-state index is 0.0163. The molecule has 0 spiro atoms. The van der Waals surface area contributed by atoms with Gasteiger partial charge in [0.1, 0.15) is 0 Å². The SMILES string of the molecule is Cc1ccc(C(=O)NC2C(C)(C)[C@@H]3CC[C@@]2(C)C3)cc1CCC(=O)N1CCOCC1. The fourth-order valence-corrected chi connectivity index (χ4v) is 6.17. The maximum atomic E-state index is 13.2. The smallest absolute Gasteiger partial charge is 0.251 e. The highest BCUT2D eigenvalue weighted by Gasteiger charge is 2.59. The Kier molecular flexibility index (Phi) is 5.69. The zero-order chi connectivity index (χ0) is 21.5. The van der Waals surface area contributed by atoms with Crippen LogP contribution in [0.25, 0.3) is 0 Å². The van der Waals surface area contributed by atoms with Crippen LogP contribution >= 0.6 is 0 Å². The maximum absolute atomic E-state index is 13.2. The molecule has 4 rings (SSSR count). The number of hydrogen-bond acceptors (Lipinski definition) is 3. The van der Waals surface area contributed by atoms with E-state index in [0.29, 0.717) is 50.6 Å². The molecule has 1 aromatic carbocycles. The van der Waals surface area contributed by atoms with Gasteiger partial charge in [0.15, 0.2) is 0 Å². The van der Waals surface area contributed by atoms with Crippen molar-refractivity contribution in [2.75, 3.05) is 26.3 Å². The van der Waals surface area contributed by atoms with E-state index in [9.17, 15) is 9.59 Å². The van der Waals surface area contributed by atoms with E-state index in [0.717, 1.165) is 11.1 Å². The topological polar surface area (TPSA) is 58.6 Å². The van der Waals surface area contributed by atoms with Crippen LogP contribution in [0.4, 0.5) is 0 Å². The van der Waals surface area contributed by atoms with Crippen LogP contribution < -0.4 is 5.32 Å². The van der Waals surface area contributed by atoms with E-state index < -0.39 is 0 Å². The molecular formula is C25H36N2O3. The summed E-state index contributed by atoms with van der Waals surface area (Å²) in [6, 6.07) is 6.13. The van der Waals surface area contributed by atoms with Gasteiger partial charge < -0.3 is 15.0 Å². The number of nitrogens with one attached hydrogen (secondary N) is 1. The van der Waals surface area contributed by atoms with Gasteiger partial charge in [-0.2, -0.15) is 0 Å². The predicted octanol–water partition coefficient (Wildman–Crippen LogP) is 3.73. The lowest BCUT2D eigenvalue weighted by Crippen LogP contribution is -2.52. The summed E-state index contributed by atoms with van der Waals surface area (Å²) in [5.41, 5.74) is 3.27. The largest absolute Gasteiger partial charge is 0.378 e. The first-order valence-corrected chi connectivity index (χ1v) is 11.5. The van der Waals surface area contributed by atoms with E-state index >= 15 is 0 Å². The van der Waals surface area contributed by atoms with E-state index in [-0.39, 0.29) is 28.7 Å². The molecule has 2 bridgehead atoms. The molecule has 1 heterocycles. The number of fused-ring (bicyclic) bond motifs is 2. The number of morpholine rings is 1. The molecule has 3 fully saturated rings. The van der Waals surface area contributed by atoms with Gasteiger partial charge in [0.25, 0.3) is 5.91 Å². The van der Waals surface area contributed by atoms with Gasteiger partial charge in [-0.15, -0.1) is 0 Å². The fourth-order valence-electron chi connectivity index (χ4n) is 6.17. The van der Waals surface area contributed by atoms with E-state index in [1.807, 2.05) is 23.1 Å². The van der Waals surface area contributed by atoms with E-state index in [2.05, 4.69) is 33.0 Å². The number of nitrogens with zero attached hydrogens (tertiary/aromatic N) is 1. The molecule has 5 nitrogen and oxygen atoms in total. The predicted molar refractivity (Wildman–Crippen MR) is 117 cm³/mol. The molecule has 2 amide bonds. The molecule has 1 saturated heterocycles. The molecule has 164 valence electrons. The molecular weight excluding hydrogens is 376 g/mol. The number of carbonyl (C=O) groups is 2. The Hall–Kier alpha value is -1.88. The van der Waals surface area contributed by atoms with Crippen LogP contribution in [0.5, 0.6) is 0 Å². The van der Waals surface area contributed by atoms with Gasteiger partial charge in [0, 0.05) is 31.1 Å². The van der Waals surface area contributed by atoms with E-state index in [4.69, 9.17) is 4.74 Å². The van der Waals surface area contributed by atoms with Crippen LogP contribution in [0.15, 0.2) is 18.2 Å². The van der Waals surface area contributed by atoms with Gasteiger partial charge >= 0.3 is 0 Å². The Labute approximate surface area is 180 Å². The summed E-state index contributed by atoms with van der Waals surface area (Å²) in [4.78, 5) is 27.5. The molecule has 1 aromatic rings. The first kappa shape index (κ1) is 21.4. The number of ether oxygens (including phenoxy) is 1. The molecule has 1 N–H and O–H groups in total. The molecule has 30 heavy (non-hydrogen) atoms. The number of benzene rings is 1. The second kappa shape index (κ2) is 7.99. The van der Waals surface area contributed by atoms with E-state index in [1.165, 1.54) is 19.3 Å². The van der Waals surface area contributed by atoms with Crippen LogP contribution in [-0.2, 0) is 16.0 Å². The summed E-state index contributed by atoms with van der Waals surface area (Å²) in [6.07, 6.45) is 4.84. The van der Waals surface area contributed by atoms with Crippen molar-refractivity contribution < 1.29 is 14.3 Å². The summed E-state index contributed by atoms with van der Waals surface area (Å²) < 4.78 is 5.33. The van der Waals surface area contributed by atoms with Gasteiger partial charge in [-0.3, -0.25) is 9.59 Å². The van der Waals surface area contributed by atoms with Crippen molar-refractivity contribution in [2.45, 2.75) is 65.8 Å². The lowest BCUT2D eigenvalue weighted by Gasteiger charge is -2.43. The van der Waals surface area contributed by atoms with Gasteiger partial charge in [-0.25, -0.2) is 0 Å². The van der Waals surface area contributed by atoms with Gasteiger partial charge in [-0.05, 0) is 72.6 Å². The quantitative estimate of drug-likeness (QED) is 0.802. The molecule has 0 radical (unpaired) electrons. The summed E-state index contributed by atoms with van der Waals surface area (Å²) >= 11 is 0.